The van der Waals surface area contributed by atoms with Crippen LogP contribution in [0.25, 0.3) is 0 Å². The largest absolute Gasteiger partial charge is 0.396 e. The van der Waals surface area contributed by atoms with Gasteiger partial charge >= 0.3 is 0 Å². The molecule has 0 bridgehead atoms. The minimum atomic E-state index is 0.358. The Morgan fingerprint density at radius 1 is 0.778 bits per heavy atom. The number of benzene rings is 1. The monoisotopic (exact) mass is 247 g/mol. The lowest BCUT2D eigenvalue weighted by atomic mass is 10.0. The van der Waals surface area contributed by atoms with Crippen molar-refractivity contribution in [1.82, 2.24) is 0 Å². The maximum atomic E-state index is 8.66. The molecule has 0 atom stereocenters. The number of aliphatic hydroxyl groups is 1. The second kappa shape index (κ2) is 11.3. The molecule has 0 fully saturated rings. The molecule has 0 spiro atoms. The third kappa shape index (κ3) is 8.30. The van der Waals surface area contributed by atoms with Crippen LogP contribution in [-0.2, 0) is 6.42 Å². The number of rotatable bonds is 11. The molecule has 0 unspecified atom stereocenters. The Bertz CT molecular complexity index is 268. The molecule has 0 saturated carbocycles. The number of hydrogen-bond acceptors (Lipinski definition) is 1. The van der Waals surface area contributed by atoms with Crippen LogP contribution in [0.5, 0.6) is 0 Å². The van der Waals surface area contributed by atoms with E-state index in [1.54, 1.807) is 0 Å². The van der Waals surface area contributed by atoms with Gasteiger partial charge in [-0.3, -0.25) is 0 Å². The van der Waals surface area contributed by atoms with E-state index in [2.05, 4.69) is 18.2 Å². The molecule has 0 aliphatic carbocycles. The molecule has 18 heavy (non-hydrogen) atoms. The lowest BCUT2D eigenvalue weighted by molar-refractivity contribution is 0.282. The van der Waals surface area contributed by atoms with Gasteiger partial charge in [-0.1, -0.05) is 69.2 Å². The third-order valence-electron chi connectivity index (χ3n) is 3.38. The highest BCUT2D eigenvalue weighted by Gasteiger charge is 1.94. The van der Waals surface area contributed by atoms with Crippen molar-refractivity contribution >= 4 is 0 Å². The fourth-order valence-electron chi connectivity index (χ4n) is 2.25. The molecule has 0 saturated heterocycles. The first-order chi connectivity index (χ1) is 8.93. The van der Waals surface area contributed by atoms with E-state index >= 15 is 0 Å². The van der Waals surface area contributed by atoms with Gasteiger partial charge in [0, 0.05) is 6.61 Å². The Balaban J connectivity index is 1.82. The average molecular weight is 247 g/mol. The molecule has 1 nitrogen and oxygen atoms in total. The van der Waals surface area contributed by atoms with E-state index in [1.165, 1.54) is 63.4 Å². The molecule has 1 N–H and O–H groups in total. The Morgan fingerprint density at radius 2 is 1.39 bits per heavy atom. The molecular weight excluding hydrogens is 220 g/mol. The van der Waals surface area contributed by atoms with Gasteiger partial charge in [0.2, 0.25) is 0 Å². The van der Waals surface area contributed by atoms with Crippen molar-refractivity contribution in [2.75, 3.05) is 6.61 Å². The van der Waals surface area contributed by atoms with Gasteiger partial charge in [-0.15, -0.1) is 0 Å². The van der Waals surface area contributed by atoms with Gasteiger partial charge < -0.3 is 5.11 Å². The lowest BCUT2D eigenvalue weighted by Gasteiger charge is -2.02. The molecule has 1 aromatic rings. The van der Waals surface area contributed by atoms with E-state index in [-0.39, 0.29) is 0 Å². The summed E-state index contributed by atoms with van der Waals surface area (Å²) in [4.78, 5) is 0. The van der Waals surface area contributed by atoms with Crippen LogP contribution >= 0.6 is 0 Å². The maximum Gasteiger partial charge on any atom is 0.0431 e. The van der Waals surface area contributed by atoms with E-state index < -0.39 is 0 Å². The maximum absolute atomic E-state index is 8.66. The lowest BCUT2D eigenvalue weighted by Crippen LogP contribution is -1.87. The molecule has 1 rings (SSSR count). The molecule has 1 radical (unpaired) electrons. The molecule has 1 heteroatoms. The second-order valence-electron chi connectivity index (χ2n) is 5.04. The zero-order valence-electron chi connectivity index (χ0n) is 11.5. The summed E-state index contributed by atoms with van der Waals surface area (Å²) in [5, 5.41) is 8.66. The smallest absolute Gasteiger partial charge is 0.0431 e. The molecule has 0 aliphatic heterocycles. The molecular formula is C17H27O. The van der Waals surface area contributed by atoms with Crippen LogP contribution in [0.1, 0.15) is 63.4 Å². The minimum Gasteiger partial charge on any atom is -0.396 e. The predicted molar refractivity (Wildman–Crippen MR) is 77.6 cm³/mol. The van der Waals surface area contributed by atoms with Gasteiger partial charge in [0.25, 0.3) is 0 Å². The Labute approximate surface area is 112 Å². The van der Waals surface area contributed by atoms with Gasteiger partial charge in [0.15, 0.2) is 0 Å². The summed E-state index contributed by atoms with van der Waals surface area (Å²) in [6.07, 6.45) is 12.7. The van der Waals surface area contributed by atoms with E-state index in [0.29, 0.717) is 6.61 Å². The SMILES string of the molecule is OCCCCCCCCCCCc1[c]cccc1. The highest BCUT2D eigenvalue weighted by atomic mass is 16.2. The summed E-state index contributed by atoms with van der Waals surface area (Å²) in [5.74, 6) is 0. The summed E-state index contributed by atoms with van der Waals surface area (Å²) >= 11 is 0. The van der Waals surface area contributed by atoms with Gasteiger partial charge in [0.05, 0.1) is 0 Å². The molecule has 0 aromatic heterocycles. The first kappa shape index (κ1) is 15.2. The number of hydrogen-bond donors (Lipinski definition) is 1. The second-order valence-corrected chi connectivity index (χ2v) is 5.04. The highest BCUT2D eigenvalue weighted by molar-refractivity contribution is 5.12. The predicted octanol–water partition coefficient (Wildman–Crippen LogP) is 4.53. The summed E-state index contributed by atoms with van der Waals surface area (Å²) < 4.78 is 0. The van der Waals surface area contributed by atoms with Gasteiger partial charge in [-0.25, -0.2) is 0 Å². The van der Waals surface area contributed by atoms with Crippen LogP contribution in [0.4, 0.5) is 0 Å². The van der Waals surface area contributed by atoms with Crippen molar-refractivity contribution in [3.8, 4) is 0 Å². The molecule has 0 heterocycles. The Kier molecular flexibility index (Phi) is 9.55. The normalized spacial score (nSPS) is 10.7. The van der Waals surface area contributed by atoms with Crippen molar-refractivity contribution in [3.63, 3.8) is 0 Å². The summed E-state index contributed by atoms with van der Waals surface area (Å²) in [6.45, 7) is 0.358. The van der Waals surface area contributed by atoms with E-state index in [0.717, 1.165) is 6.42 Å². The average Bonchev–Trinajstić information content (AvgIpc) is 2.42. The van der Waals surface area contributed by atoms with Crippen LogP contribution in [0.3, 0.4) is 0 Å². The van der Waals surface area contributed by atoms with E-state index in [4.69, 9.17) is 5.11 Å². The fourth-order valence-corrected chi connectivity index (χ4v) is 2.25. The standard InChI is InChI=1S/C17H27O/c18-16-12-7-5-3-1-2-4-6-9-13-17-14-10-8-11-15-17/h8,10-11,14,18H,1-7,9,12-13,16H2. The van der Waals surface area contributed by atoms with Crippen molar-refractivity contribution in [1.29, 1.82) is 0 Å². The van der Waals surface area contributed by atoms with Crippen LogP contribution in [0.15, 0.2) is 24.3 Å². The summed E-state index contributed by atoms with van der Waals surface area (Å²) in [6, 6.07) is 11.6. The first-order valence-corrected chi connectivity index (χ1v) is 7.50. The third-order valence-corrected chi connectivity index (χ3v) is 3.38. The van der Waals surface area contributed by atoms with E-state index in [1.807, 2.05) is 12.1 Å². The summed E-state index contributed by atoms with van der Waals surface area (Å²) in [5.41, 5.74) is 1.35. The topological polar surface area (TPSA) is 20.2 Å². The molecule has 0 amide bonds. The van der Waals surface area contributed by atoms with Crippen molar-refractivity contribution < 1.29 is 5.11 Å². The van der Waals surface area contributed by atoms with Crippen molar-refractivity contribution in [2.45, 2.75) is 64.2 Å². The van der Waals surface area contributed by atoms with Crippen LogP contribution in [-0.4, -0.2) is 11.7 Å². The van der Waals surface area contributed by atoms with Crippen LogP contribution < -0.4 is 0 Å². The fraction of sp³-hybridized carbons (Fsp3) is 0.647. The highest BCUT2D eigenvalue weighted by Crippen LogP contribution is 2.11. The van der Waals surface area contributed by atoms with Crippen LogP contribution in [0, 0.1) is 6.07 Å². The number of unbranched alkanes of at least 4 members (excludes halogenated alkanes) is 8. The van der Waals surface area contributed by atoms with Crippen LogP contribution in [0.2, 0.25) is 0 Å². The molecule has 101 valence electrons. The number of aliphatic hydroxyl groups excluding tert-OH is 1. The van der Waals surface area contributed by atoms with E-state index in [9.17, 15) is 0 Å². The molecule has 1 aromatic carbocycles. The number of aryl methyl sites for hydroxylation is 1. The zero-order valence-corrected chi connectivity index (χ0v) is 11.5. The quantitative estimate of drug-likeness (QED) is 0.569. The summed E-state index contributed by atoms with van der Waals surface area (Å²) in [7, 11) is 0. The zero-order chi connectivity index (χ0) is 12.9. The van der Waals surface area contributed by atoms with Gasteiger partial charge in [-0.2, -0.15) is 0 Å². The first-order valence-electron chi connectivity index (χ1n) is 7.50. The van der Waals surface area contributed by atoms with Crippen molar-refractivity contribution in [2.24, 2.45) is 0 Å². The van der Waals surface area contributed by atoms with Gasteiger partial charge in [-0.05, 0) is 30.9 Å². The van der Waals surface area contributed by atoms with Gasteiger partial charge in [0.1, 0.15) is 0 Å². The Hall–Kier alpha value is -0.820. The molecule has 0 aliphatic rings. The minimum absolute atomic E-state index is 0.358. The Morgan fingerprint density at radius 3 is 1.94 bits per heavy atom. The van der Waals surface area contributed by atoms with Crippen molar-refractivity contribution in [3.05, 3.63) is 35.9 Å².